The third kappa shape index (κ3) is 4.94. The van der Waals surface area contributed by atoms with Crippen molar-refractivity contribution in [3.63, 3.8) is 0 Å². The Morgan fingerprint density at radius 2 is 1.55 bits per heavy atom. The van der Waals surface area contributed by atoms with Crippen LogP contribution in [0.3, 0.4) is 0 Å². The molecule has 0 saturated carbocycles. The minimum Gasteiger partial charge on any atom is -0.316 e. The maximum atomic E-state index is 14.2. The van der Waals surface area contributed by atoms with Crippen LogP contribution in [0.5, 0.6) is 0 Å². The second kappa shape index (κ2) is 11.4. The Hall–Kier alpha value is -4.32. The average Bonchev–Trinajstić information content (AvgIpc) is 3.45. The lowest BCUT2D eigenvalue weighted by molar-refractivity contribution is -0.119. The summed E-state index contributed by atoms with van der Waals surface area (Å²) in [6.45, 7) is 4.64. The molecule has 3 aromatic carbocycles. The Labute approximate surface area is 224 Å². The largest absolute Gasteiger partial charge is 0.322 e. The van der Waals surface area contributed by atoms with E-state index in [1.807, 2.05) is 83.9 Å². The minimum atomic E-state index is -0.300. The van der Waals surface area contributed by atoms with E-state index in [1.54, 1.807) is 4.90 Å². The van der Waals surface area contributed by atoms with E-state index in [0.717, 1.165) is 53.1 Å². The summed E-state index contributed by atoms with van der Waals surface area (Å²) < 4.78 is 2.15. The number of urea groups is 1. The van der Waals surface area contributed by atoms with Gasteiger partial charge >= 0.3 is 6.03 Å². The third-order valence-electron chi connectivity index (χ3n) is 7.14. The van der Waals surface area contributed by atoms with Crippen molar-refractivity contribution >= 4 is 23.3 Å². The second-order valence-corrected chi connectivity index (χ2v) is 9.58. The molecule has 1 atom stereocenters. The number of anilines is 2. The zero-order valence-corrected chi connectivity index (χ0v) is 22.0. The van der Waals surface area contributed by atoms with Gasteiger partial charge in [0, 0.05) is 18.4 Å². The number of carbonyl (C=O) groups is 2. The van der Waals surface area contributed by atoms with Gasteiger partial charge in [0.2, 0.25) is 5.91 Å². The van der Waals surface area contributed by atoms with Crippen LogP contribution in [0, 0.1) is 0 Å². The second-order valence-electron chi connectivity index (χ2n) is 9.58. The highest BCUT2D eigenvalue weighted by Crippen LogP contribution is 2.42. The zero-order chi connectivity index (χ0) is 26.5. The van der Waals surface area contributed by atoms with E-state index in [0.29, 0.717) is 6.54 Å². The van der Waals surface area contributed by atoms with E-state index in [9.17, 15) is 9.59 Å². The van der Waals surface area contributed by atoms with Gasteiger partial charge in [-0.3, -0.25) is 9.69 Å². The number of hydrogen-bond acceptors (Lipinski definition) is 2. The van der Waals surface area contributed by atoms with E-state index in [2.05, 4.69) is 41.9 Å². The molecule has 38 heavy (non-hydrogen) atoms. The zero-order valence-electron chi connectivity index (χ0n) is 22.0. The van der Waals surface area contributed by atoms with E-state index in [1.165, 1.54) is 0 Å². The van der Waals surface area contributed by atoms with Crippen molar-refractivity contribution < 1.29 is 9.59 Å². The number of fused-ring (bicyclic) bond motifs is 3. The van der Waals surface area contributed by atoms with Crippen LogP contribution in [0.25, 0.3) is 5.69 Å². The molecule has 1 unspecified atom stereocenters. The van der Waals surface area contributed by atoms with Gasteiger partial charge in [0.15, 0.2) is 0 Å². The Kier molecular flexibility index (Phi) is 7.59. The molecule has 6 nitrogen and oxygen atoms in total. The molecular weight excluding hydrogens is 472 g/mol. The van der Waals surface area contributed by atoms with Crippen molar-refractivity contribution in [2.45, 2.75) is 39.2 Å². The number of aryl methyl sites for hydroxylation is 1. The summed E-state index contributed by atoms with van der Waals surface area (Å²) in [7, 11) is 0. The van der Waals surface area contributed by atoms with Crippen LogP contribution in [-0.4, -0.2) is 34.5 Å². The molecule has 2 heterocycles. The first-order chi connectivity index (χ1) is 18.6. The first kappa shape index (κ1) is 25.3. The van der Waals surface area contributed by atoms with Gasteiger partial charge < -0.3 is 14.8 Å². The highest BCUT2D eigenvalue weighted by molar-refractivity contribution is 6.01. The molecule has 0 fully saturated rings. The van der Waals surface area contributed by atoms with Gasteiger partial charge in [-0.05, 0) is 54.3 Å². The maximum Gasteiger partial charge on any atom is 0.322 e. The van der Waals surface area contributed by atoms with Crippen LogP contribution in [0.2, 0.25) is 0 Å². The molecule has 3 amide bonds. The van der Waals surface area contributed by atoms with E-state index in [4.69, 9.17) is 0 Å². The number of nitrogens with one attached hydrogen (secondary N) is 1. The number of hydrogen-bond donors (Lipinski definition) is 1. The van der Waals surface area contributed by atoms with Crippen molar-refractivity contribution in [3.05, 3.63) is 114 Å². The molecule has 4 aromatic rings. The van der Waals surface area contributed by atoms with Crippen LogP contribution in [0.15, 0.2) is 97.2 Å². The van der Waals surface area contributed by atoms with Crippen LogP contribution in [0.4, 0.5) is 16.2 Å². The number of benzene rings is 3. The standard InChI is InChI=1S/C32H34N4O2/c1-3-5-21-34(32(38)33-26-17-10-9-14-24(26)4-2)23-30(37)36-28-19-12-11-18-27(28)35-22-13-20-29(35)31(36)25-15-7-6-8-16-25/h6-20,22,31H,3-5,21,23H2,1-2H3,(H,33,38). The normalized spacial score (nSPS) is 13.9. The fraction of sp³-hybridized carbons (Fsp3) is 0.250. The third-order valence-corrected chi connectivity index (χ3v) is 7.14. The van der Waals surface area contributed by atoms with Crippen molar-refractivity contribution in [2.75, 3.05) is 23.3 Å². The molecular formula is C32H34N4O2. The molecule has 0 spiro atoms. The first-order valence-corrected chi connectivity index (χ1v) is 13.4. The van der Waals surface area contributed by atoms with Crippen LogP contribution in [-0.2, 0) is 11.2 Å². The van der Waals surface area contributed by atoms with Gasteiger partial charge in [0.25, 0.3) is 0 Å². The van der Waals surface area contributed by atoms with Gasteiger partial charge in [-0.25, -0.2) is 4.79 Å². The smallest absolute Gasteiger partial charge is 0.316 e. The topological polar surface area (TPSA) is 57.6 Å². The van der Waals surface area contributed by atoms with Gasteiger partial charge in [-0.1, -0.05) is 80.9 Å². The summed E-state index contributed by atoms with van der Waals surface area (Å²) in [4.78, 5) is 31.2. The van der Waals surface area contributed by atoms with Crippen LogP contribution < -0.4 is 10.2 Å². The van der Waals surface area contributed by atoms with Gasteiger partial charge in [-0.15, -0.1) is 0 Å². The molecule has 0 radical (unpaired) electrons. The molecule has 1 N–H and O–H groups in total. The summed E-state index contributed by atoms with van der Waals surface area (Å²) in [6, 6.07) is 29.4. The molecule has 1 aliphatic rings. The Morgan fingerprint density at radius 1 is 0.842 bits per heavy atom. The predicted molar refractivity (Wildman–Crippen MR) is 153 cm³/mol. The Balaban J connectivity index is 1.49. The van der Waals surface area contributed by atoms with E-state index >= 15 is 0 Å². The maximum absolute atomic E-state index is 14.2. The number of amides is 3. The highest BCUT2D eigenvalue weighted by Gasteiger charge is 2.36. The van der Waals surface area contributed by atoms with Gasteiger partial charge in [-0.2, -0.15) is 0 Å². The minimum absolute atomic E-state index is 0.0154. The number of rotatable bonds is 8. The van der Waals surface area contributed by atoms with Crippen LogP contribution in [0.1, 0.15) is 49.6 Å². The molecule has 0 saturated heterocycles. The fourth-order valence-electron chi connectivity index (χ4n) is 5.20. The number of unbranched alkanes of at least 4 members (excludes halogenated alkanes) is 1. The highest BCUT2D eigenvalue weighted by atomic mass is 16.2. The number of aromatic nitrogens is 1. The quantitative estimate of drug-likeness (QED) is 0.285. The van der Waals surface area contributed by atoms with Crippen LogP contribution >= 0.6 is 0 Å². The molecule has 0 aliphatic carbocycles. The molecule has 194 valence electrons. The van der Waals surface area contributed by atoms with E-state index in [-0.39, 0.29) is 24.5 Å². The first-order valence-electron chi connectivity index (χ1n) is 13.4. The van der Waals surface area contributed by atoms with Gasteiger partial charge in [0.1, 0.15) is 12.6 Å². The molecule has 1 aliphatic heterocycles. The summed E-state index contributed by atoms with van der Waals surface area (Å²) in [5.41, 5.74) is 5.69. The number of nitrogens with zero attached hydrogens (tertiary/aromatic N) is 3. The lowest BCUT2D eigenvalue weighted by Gasteiger charge is -2.39. The summed E-state index contributed by atoms with van der Waals surface area (Å²) in [5.74, 6) is -0.117. The van der Waals surface area contributed by atoms with Gasteiger partial charge in [0.05, 0.1) is 17.1 Å². The molecule has 5 rings (SSSR count). The SMILES string of the molecule is CCCCN(CC(=O)N1c2ccccc2-n2cccc2C1c1ccccc1)C(=O)Nc1ccccc1CC. The average molecular weight is 507 g/mol. The van der Waals surface area contributed by atoms with Crippen molar-refractivity contribution in [3.8, 4) is 5.69 Å². The molecule has 1 aromatic heterocycles. The Bertz CT molecular complexity index is 1410. The fourth-order valence-corrected chi connectivity index (χ4v) is 5.20. The summed E-state index contributed by atoms with van der Waals surface area (Å²) in [5, 5.41) is 3.06. The Morgan fingerprint density at radius 3 is 2.32 bits per heavy atom. The van der Waals surface area contributed by atoms with E-state index < -0.39 is 0 Å². The lowest BCUT2D eigenvalue weighted by atomic mass is 9.97. The lowest BCUT2D eigenvalue weighted by Crippen LogP contribution is -2.48. The van der Waals surface area contributed by atoms with Crippen molar-refractivity contribution in [1.29, 1.82) is 0 Å². The number of para-hydroxylation sites is 3. The number of carbonyl (C=O) groups excluding carboxylic acids is 2. The molecule has 0 bridgehead atoms. The molecule has 6 heteroatoms. The summed E-state index contributed by atoms with van der Waals surface area (Å²) >= 11 is 0. The predicted octanol–water partition coefficient (Wildman–Crippen LogP) is 6.81. The van der Waals surface area contributed by atoms with Crippen molar-refractivity contribution in [2.24, 2.45) is 0 Å². The van der Waals surface area contributed by atoms with Crippen molar-refractivity contribution in [1.82, 2.24) is 9.47 Å². The summed E-state index contributed by atoms with van der Waals surface area (Å²) in [6.07, 6.45) is 4.60. The monoisotopic (exact) mass is 506 g/mol.